The van der Waals surface area contributed by atoms with Crippen molar-refractivity contribution in [3.05, 3.63) is 0 Å². The van der Waals surface area contributed by atoms with Gasteiger partial charge in [-0.3, -0.25) is 14.1 Å². The van der Waals surface area contributed by atoms with Crippen molar-refractivity contribution in [2.24, 2.45) is 0 Å². The van der Waals surface area contributed by atoms with Crippen molar-refractivity contribution in [3.8, 4) is 0 Å². The lowest BCUT2D eigenvalue weighted by atomic mass is 10.1. The van der Waals surface area contributed by atoms with Gasteiger partial charge in [0, 0.05) is 0 Å². The Hall–Kier alpha value is -1.07. The van der Waals surface area contributed by atoms with E-state index >= 15 is 0 Å². The van der Waals surface area contributed by atoms with Gasteiger partial charge in [-0.05, 0) is 0 Å². The molecule has 1 aliphatic heterocycles. The first-order valence-corrected chi connectivity index (χ1v) is 6.86. The maximum Gasteiger partial charge on any atom is 0.470 e. The Kier molecular flexibility index (Phi) is 5.59. The number of hydrogen-bond donors (Lipinski definition) is 6. The number of ether oxygens (including phenoxy) is 1. The molecule has 1 saturated heterocycles. The van der Waals surface area contributed by atoms with Gasteiger partial charge in [0.2, 0.25) is 0 Å². The summed E-state index contributed by atoms with van der Waals surface area (Å²) in [6, 6.07) is 0. The zero-order valence-corrected chi connectivity index (χ0v) is 10.8. The highest BCUT2D eigenvalue weighted by Crippen LogP contribution is 2.41. The molecule has 0 bridgehead atoms. The minimum atomic E-state index is -5.02. The maximum absolute atomic E-state index is 11.6. The molecule has 0 spiro atoms. The summed E-state index contributed by atoms with van der Waals surface area (Å²) < 4.78 is 19.9. The Morgan fingerprint density at radius 3 is 2.40 bits per heavy atom. The Bertz CT molecular complexity index is 421. The number of hydrogen-bond acceptors (Lipinski definition) is 7. The number of aliphatic carboxylic acids is 1. The second kappa shape index (κ2) is 6.59. The summed E-state index contributed by atoms with van der Waals surface area (Å²) in [5.74, 6) is -2.39. The van der Waals surface area contributed by atoms with E-state index in [4.69, 9.17) is 24.7 Å². The summed E-state index contributed by atoms with van der Waals surface area (Å²) in [5.41, 5.74) is 0. The number of aliphatic hydroxyl groups excluding tert-OH is 2. The van der Waals surface area contributed by atoms with Crippen LogP contribution >= 0.6 is 7.82 Å². The van der Waals surface area contributed by atoms with E-state index in [9.17, 15) is 19.3 Å². The van der Waals surface area contributed by atoms with Crippen LogP contribution in [0.1, 0.15) is 0 Å². The molecule has 12 heteroatoms. The average Bonchev–Trinajstić information content (AvgIpc) is 2.62. The number of phosphoric ester groups is 1. The predicted molar refractivity (Wildman–Crippen MR) is 59.3 cm³/mol. The lowest BCUT2D eigenvalue weighted by Gasteiger charge is -2.20. The Morgan fingerprint density at radius 1 is 1.35 bits per heavy atom. The number of phosphoric acid groups is 1. The van der Waals surface area contributed by atoms with Gasteiger partial charge in [-0.1, -0.05) is 0 Å². The minimum Gasteiger partial charge on any atom is -0.480 e. The van der Waals surface area contributed by atoms with Crippen LogP contribution in [0.4, 0.5) is 0 Å². The van der Waals surface area contributed by atoms with E-state index in [0.717, 1.165) is 0 Å². The molecular weight excluding hydrogens is 301 g/mol. The maximum atomic E-state index is 11.6. The first-order valence-electron chi connectivity index (χ1n) is 5.33. The number of carbonyl (C=O) groups excluding carboxylic acids is 1. The van der Waals surface area contributed by atoms with E-state index in [1.807, 2.05) is 5.32 Å². The van der Waals surface area contributed by atoms with Crippen LogP contribution in [-0.2, 0) is 23.4 Å². The first kappa shape index (κ1) is 17.0. The molecule has 0 radical (unpaired) electrons. The number of carboxylic acids is 1. The molecule has 0 aromatic heterocycles. The number of aliphatic hydroxyl groups is 2. The van der Waals surface area contributed by atoms with Crippen LogP contribution in [0.5, 0.6) is 0 Å². The molecule has 0 aliphatic carbocycles. The van der Waals surface area contributed by atoms with Crippen molar-refractivity contribution in [2.75, 3.05) is 13.2 Å². The first-order chi connectivity index (χ1) is 9.15. The standard InChI is InChI=1S/C8H14NO10P/c10-2-3-5(13)6(19-20(15,16)17)7(18-3)8(14)9-1-4(11)12/h3,5-7,10,13H,1-2H2,(H,9,14)(H,11,12)(H2,15,16,17)/t3-,5-,6-,7?/m1/s1. The highest BCUT2D eigenvalue weighted by atomic mass is 31.2. The lowest BCUT2D eigenvalue weighted by molar-refractivity contribution is -0.142. The molecule has 11 nitrogen and oxygen atoms in total. The van der Waals surface area contributed by atoms with Crippen molar-refractivity contribution < 1.29 is 48.5 Å². The summed E-state index contributed by atoms with van der Waals surface area (Å²) in [4.78, 5) is 39.4. The topological polar surface area (TPSA) is 183 Å². The van der Waals surface area contributed by atoms with Gasteiger partial charge in [0.15, 0.2) is 6.10 Å². The van der Waals surface area contributed by atoms with Gasteiger partial charge in [-0.25, -0.2) is 4.57 Å². The predicted octanol–water partition coefficient (Wildman–Crippen LogP) is -3.21. The molecule has 1 amide bonds. The van der Waals surface area contributed by atoms with Gasteiger partial charge in [0.05, 0.1) is 6.61 Å². The third kappa shape index (κ3) is 4.49. The Labute approximate surface area is 112 Å². The second-order valence-electron chi connectivity index (χ2n) is 3.94. The molecule has 4 atom stereocenters. The zero-order chi connectivity index (χ0) is 15.5. The van der Waals surface area contributed by atoms with Crippen LogP contribution in [0.15, 0.2) is 0 Å². The van der Waals surface area contributed by atoms with E-state index < -0.39 is 57.3 Å². The van der Waals surface area contributed by atoms with Crippen molar-refractivity contribution in [3.63, 3.8) is 0 Å². The van der Waals surface area contributed by atoms with Gasteiger partial charge < -0.3 is 35.2 Å². The van der Waals surface area contributed by atoms with Crippen LogP contribution in [0.2, 0.25) is 0 Å². The van der Waals surface area contributed by atoms with Crippen molar-refractivity contribution >= 4 is 19.7 Å². The summed E-state index contributed by atoms with van der Waals surface area (Å²) >= 11 is 0. The van der Waals surface area contributed by atoms with Crippen LogP contribution < -0.4 is 5.32 Å². The van der Waals surface area contributed by atoms with Crippen molar-refractivity contribution in [1.29, 1.82) is 0 Å². The third-order valence-corrected chi connectivity index (χ3v) is 2.97. The molecule has 1 rings (SSSR count). The molecular formula is C8H14NO10P. The molecule has 6 N–H and O–H groups in total. The van der Waals surface area contributed by atoms with Crippen molar-refractivity contribution in [2.45, 2.75) is 24.4 Å². The van der Waals surface area contributed by atoms with Gasteiger partial charge >= 0.3 is 13.8 Å². The highest BCUT2D eigenvalue weighted by Gasteiger charge is 2.50. The van der Waals surface area contributed by atoms with Crippen molar-refractivity contribution in [1.82, 2.24) is 5.32 Å². The number of carboxylic acid groups (broad SMARTS) is 1. The van der Waals surface area contributed by atoms with E-state index in [1.54, 1.807) is 0 Å². The number of amides is 1. The molecule has 1 aliphatic rings. The fraction of sp³-hybridized carbons (Fsp3) is 0.750. The zero-order valence-electron chi connectivity index (χ0n) is 9.95. The molecule has 1 unspecified atom stereocenters. The number of nitrogens with one attached hydrogen (secondary N) is 1. The quantitative estimate of drug-likeness (QED) is 0.273. The molecule has 0 aromatic rings. The number of rotatable bonds is 6. The van der Waals surface area contributed by atoms with E-state index in [1.165, 1.54) is 0 Å². The van der Waals surface area contributed by atoms with E-state index in [-0.39, 0.29) is 0 Å². The normalized spacial score (nSPS) is 30.2. The van der Waals surface area contributed by atoms with Crippen LogP contribution in [0.25, 0.3) is 0 Å². The monoisotopic (exact) mass is 315 g/mol. The second-order valence-corrected chi connectivity index (χ2v) is 5.13. The molecule has 0 aromatic carbocycles. The SMILES string of the molecule is O=C(O)CNC(=O)C1O[C@H](CO)[C@@H](O)[C@H]1OP(=O)(O)O. The molecule has 20 heavy (non-hydrogen) atoms. The lowest BCUT2D eigenvalue weighted by Crippen LogP contribution is -2.45. The average molecular weight is 315 g/mol. The summed E-state index contributed by atoms with van der Waals surface area (Å²) in [5, 5.41) is 28.9. The molecule has 1 fully saturated rings. The van der Waals surface area contributed by atoms with E-state index in [0.29, 0.717) is 0 Å². The van der Waals surface area contributed by atoms with Crippen LogP contribution in [0.3, 0.4) is 0 Å². The highest BCUT2D eigenvalue weighted by molar-refractivity contribution is 7.46. The Morgan fingerprint density at radius 2 is 1.95 bits per heavy atom. The third-order valence-electron chi connectivity index (χ3n) is 2.45. The molecule has 0 saturated carbocycles. The summed E-state index contributed by atoms with van der Waals surface area (Å²) in [6.07, 6.45) is -6.34. The van der Waals surface area contributed by atoms with E-state index in [2.05, 4.69) is 4.52 Å². The summed E-state index contributed by atoms with van der Waals surface area (Å²) in [6.45, 7) is -1.47. The van der Waals surface area contributed by atoms with Crippen LogP contribution in [0, 0.1) is 0 Å². The number of carbonyl (C=O) groups is 2. The van der Waals surface area contributed by atoms with Gasteiger partial charge in [-0.15, -0.1) is 0 Å². The largest absolute Gasteiger partial charge is 0.480 e. The molecule has 1 heterocycles. The van der Waals surface area contributed by atoms with Gasteiger partial charge in [0.1, 0.15) is 24.9 Å². The summed E-state index contributed by atoms with van der Waals surface area (Å²) in [7, 11) is -5.02. The fourth-order valence-corrected chi connectivity index (χ4v) is 2.19. The minimum absolute atomic E-state index is 0.717. The van der Waals surface area contributed by atoms with Gasteiger partial charge in [-0.2, -0.15) is 0 Å². The fourth-order valence-electron chi connectivity index (χ4n) is 1.64. The van der Waals surface area contributed by atoms with Crippen LogP contribution in [-0.4, -0.2) is 74.6 Å². The Balaban J connectivity index is 2.81. The van der Waals surface area contributed by atoms with Gasteiger partial charge in [0.25, 0.3) is 5.91 Å². The smallest absolute Gasteiger partial charge is 0.470 e. The molecule has 116 valence electrons.